The van der Waals surface area contributed by atoms with Gasteiger partial charge >= 0.3 is 0 Å². The molecule has 1 aromatic heterocycles. The zero-order chi connectivity index (χ0) is 27.4. The Morgan fingerprint density at radius 2 is 1.67 bits per heavy atom. The SMILES string of the molecule is COc1ccc(-n2c3c(cc(C(=O)N(CCc4ccccc4)Cc4ccccc4Cl)c2=O)C(=O)CCC3)cc1. The van der Waals surface area contributed by atoms with Gasteiger partial charge in [-0.1, -0.05) is 60.1 Å². The van der Waals surface area contributed by atoms with Crippen molar-refractivity contribution < 1.29 is 14.3 Å². The van der Waals surface area contributed by atoms with E-state index in [0.29, 0.717) is 59.9 Å². The molecule has 1 heterocycles. The maximum atomic E-state index is 14.1. The fourth-order valence-corrected chi connectivity index (χ4v) is 5.21. The van der Waals surface area contributed by atoms with Crippen molar-refractivity contribution in [1.82, 2.24) is 9.47 Å². The molecule has 0 spiro atoms. The number of carbonyl (C=O) groups excluding carboxylic acids is 2. The van der Waals surface area contributed by atoms with Crippen molar-refractivity contribution in [2.75, 3.05) is 13.7 Å². The van der Waals surface area contributed by atoms with E-state index in [2.05, 4.69) is 0 Å². The number of halogens is 1. The second kappa shape index (κ2) is 11.7. The number of Topliss-reactive ketones (excluding diaryl/α,β-unsaturated/α-hetero) is 1. The van der Waals surface area contributed by atoms with Gasteiger partial charge in [-0.05, 0) is 66.8 Å². The van der Waals surface area contributed by atoms with Crippen LogP contribution >= 0.6 is 11.6 Å². The van der Waals surface area contributed by atoms with Crippen LogP contribution in [-0.2, 0) is 19.4 Å². The minimum atomic E-state index is -0.442. The van der Waals surface area contributed by atoms with Gasteiger partial charge in [-0.15, -0.1) is 0 Å². The van der Waals surface area contributed by atoms with Crippen molar-refractivity contribution in [1.29, 1.82) is 0 Å². The van der Waals surface area contributed by atoms with Gasteiger partial charge in [-0.2, -0.15) is 0 Å². The number of fused-ring (bicyclic) bond motifs is 1. The van der Waals surface area contributed by atoms with Crippen LogP contribution in [0.4, 0.5) is 0 Å². The van der Waals surface area contributed by atoms with Gasteiger partial charge in [-0.25, -0.2) is 0 Å². The molecular formula is C32H29ClN2O4. The number of hydrogen-bond donors (Lipinski definition) is 0. The Morgan fingerprint density at radius 3 is 2.38 bits per heavy atom. The van der Waals surface area contributed by atoms with E-state index >= 15 is 0 Å². The van der Waals surface area contributed by atoms with E-state index in [-0.39, 0.29) is 17.9 Å². The maximum absolute atomic E-state index is 14.1. The molecule has 0 bridgehead atoms. The molecule has 0 unspecified atom stereocenters. The number of ketones is 1. The molecule has 6 nitrogen and oxygen atoms in total. The number of carbonyl (C=O) groups is 2. The number of rotatable bonds is 8. The lowest BCUT2D eigenvalue weighted by Gasteiger charge is -2.26. The molecule has 4 aromatic rings. The van der Waals surface area contributed by atoms with E-state index in [1.807, 2.05) is 48.5 Å². The van der Waals surface area contributed by atoms with Crippen LogP contribution in [0.2, 0.25) is 5.02 Å². The van der Waals surface area contributed by atoms with Crippen LogP contribution in [0.1, 0.15) is 50.4 Å². The lowest BCUT2D eigenvalue weighted by atomic mass is 9.92. The molecule has 0 fully saturated rings. The quantitative estimate of drug-likeness (QED) is 0.279. The van der Waals surface area contributed by atoms with Crippen molar-refractivity contribution in [2.45, 2.75) is 32.2 Å². The van der Waals surface area contributed by atoms with E-state index in [1.165, 1.54) is 10.6 Å². The number of aromatic nitrogens is 1. The molecule has 0 saturated carbocycles. The molecule has 1 amide bonds. The van der Waals surface area contributed by atoms with Crippen molar-refractivity contribution in [3.63, 3.8) is 0 Å². The minimum absolute atomic E-state index is 0.0278. The van der Waals surface area contributed by atoms with Crippen LogP contribution in [0.3, 0.4) is 0 Å². The Balaban J connectivity index is 1.59. The number of amides is 1. The molecule has 198 valence electrons. The van der Waals surface area contributed by atoms with Crippen LogP contribution < -0.4 is 10.3 Å². The fourth-order valence-electron chi connectivity index (χ4n) is 5.01. The molecule has 1 aliphatic carbocycles. The average Bonchev–Trinajstić information content (AvgIpc) is 2.96. The first kappa shape index (κ1) is 26.4. The lowest BCUT2D eigenvalue weighted by Crippen LogP contribution is -2.39. The van der Waals surface area contributed by atoms with Crippen molar-refractivity contribution in [2.24, 2.45) is 0 Å². The average molecular weight is 541 g/mol. The van der Waals surface area contributed by atoms with Crippen molar-refractivity contribution in [3.8, 4) is 11.4 Å². The standard InChI is InChI=1S/C32H29ClN2O4/c1-39-25-16-14-24(15-17-25)35-29-12-7-13-30(36)26(29)20-27(32(35)38)31(37)34(19-18-22-8-3-2-4-9-22)21-23-10-5-6-11-28(23)33/h2-6,8-11,14-17,20H,7,12-13,18-19,21H2,1H3. The van der Waals surface area contributed by atoms with Crippen molar-refractivity contribution in [3.05, 3.63) is 128 Å². The van der Waals surface area contributed by atoms with Gasteiger partial charge < -0.3 is 9.64 Å². The summed E-state index contributed by atoms with van der Waals surface area (Å²) in [5, 5.41) is 0.547. The summed E-state index contributed by atoms with van der Waals surface area (Å²) in [7, 11) is 1.57. The molecular weight excluding hydrogens is 512 g/mol. The van der Waals surface area contributed by atoms with Gasteiger partial charge in [0, 0.05) is 41.5 Å². The summed E-state index contributed by atoms with van der Waals surface area (Å²) in [6.45, 7) is 0.611. The highest BCUT2D eigenvalue weighted by atomic mass is 35.5. The lowest BCUT2D eigenvalue weighted by molar-refractivity contribution is 0.0743. The van der Waals surface area contributed by atoms with Gasteiger partial charge in [-0.3, -0.25) is 19.0 Å². The summed E-state index contributed by atoms with van der Waals surface area (Å²) < 4.78 is 6.79. The van der Waals surface area contributed by atoms with Gasteiger partial charge in [0.25, 0.3) is 11.5 Å². The summed E-state index contributed by atoms with van der Waals surface area (Å²) in [4.78, 5) is 42.7. The van der Waals surface area contributed by atoms with Gasteiger partial charge in [0.2, 0.25) is 0 Å². The minimum Gasteiger partial charge on any atom is -0.497 e. The summed E-state index contributed by atoms with van der Waals surface area (Å²) in [5.41, 5.74) is 3.04. The van der Waals surface area contributed by atoms with E-state index in [0.717, 1.165) is 11.1 Å². The third kappa shape index (κ3) is 5.66. The maximum Gasteiger partial charge on any atom is 0.268 e. The van der Waals surface area contributed by atoms with Crippen LogP contribution in [0.15, 0.2) is 89.7 Å². The zero-order valence-corrected chi connectivity index (χ0v) is 22.5. The second-order valence-electron chi connectivity index (χ2n) is 9.59. The van der Waals surface area contributed by atoms with Crippen LogP contribution in [0.5, 0.6) is 5.75 Å². The van der Waals surface area contributed by atoms with Crippen LogP contribution in [0.25, 0.3) is 5.69 Å². The van der Waals surface area contributed by atoms with E-state index in [9.17, 15) is 14.4 Å². The number of hydrogen-bond acceptors (Lipinski definition) is 4. The van der Waals surface area contributed by atoms with Gasteiger partial charge in [0.05, 0.1) is 7.11 Å². The van der Waals surface area contributed by atoms with Crippen LogP contribution in [0, 0.1) is 0 Å². The topological polar surface area (TPSA) is 68.6 Å². The van der Waals surface area contributed by atoms with Crippen LogP contribution in [-0.4, -0.2) is 34.8 Å². The van der Waals surface area contributed by atoms with Gasteiger partial charge in [0.1, 0.15) is 11.3 Å². The highest BCUT2D eigenvalue weighted by Crippen LogP contribution is 2.26. The number of ether oxygens (including phenoxy) is 1. The number of pyridine rings is 1. The highest BCUT2D eigenvalue weighted by Gasteiger charge is 2.28. The molecule has 39 heavy (non-hydrogen) atoms. The molecule has 0 atom stereocenters. The molecule has 1 aliphatic rings. The summed E-state index contributed by atoms with van der Waals surface area (Å²) in [5.74, 6) is 0.157. The normalized spacial score (nSPS) is 12.6. The number of methoxy groups -OCH3 is 1. The Bertz CT molecular complexity index is 1560. The molecule has 0 radical (unpaired) electrons. The summed E-state index contributed by atoms with van der Waals surface area (Å²) in [6, 6.07) is 25.8. The van der Waals surface area contributed by atoms with Crippen molar-refractivity contribution >= 4 is 23.3 Å². The summed E-state index contributed by atoms with van der Waals surface area (Å²) in [6.07, 6.45) is 2.23. The summed E-state index contributed by atoms with van der Waals surface area (Å²) >= 11 is 6.45. The van der Waals surface area contributed by atoms with E-state index in [1.54, 1.807) is 42.3 Å². The molecule has 5 rings (SSSR count). The number of nitrogens with zero attached hydrogens (tertiary/aromatic N) is 2. The smallest absolute Gasteiger partial charge is 0.268 e. The molecule has 0 N–H and O–H groups in total. The molecule has 0 aliphatic heterocycles. The molecule has 7 heteroatoms. The van der Waals surface area contributed by atoms with Gasteiger partial charge in [0.15, 0.2) is 5.78 Å². The molecule has 3 aromatic carbocycles. The zero-order valence-electron chi connectivity index (χ0n) is 21.7. The largest absolute Gasteiger partial charge is 0.497 e. The highest BCUT2D eigenvalue weighted by molar-refractivity contribution is 6.31. The van der Waals surface area contributed by atoms with E-state index in [4.69, 9.17) is 16.3 Å². The fraction of sp³-hybridized carbons (Fsp3) is 0.219. The Labute approximate surface area is 232 Å². The molecule has 0 saturated heterocycles. The third-order valence-electron chi connectivity index (χ3n) is 7.10. The Morgan fingerprint density at radius 1 is 0.949 bits per heavy atom. The Kier molecular flexibility index (Phi) is 7.94. The monoisotopic (exact) mass is 540 g/mol. The first-order valence-electron chi connectivity index (χ1n) is 13.0. The number of benzene rings is 3. The predicted molar refractivity (Wildman–Crippen MR) is 152 cm³/mol. The first-order valence-corrected chi connectivity index (χ1v) is 13.4. The first-order chi connectivity index (χ1) is 19.0. The second-order valence-corrected chi connectivity index (χ2v) is 9.99. The predicted octanol–water partition coefficient (Wildman–Crippen LogP) is 5.90. The van der Waals surface area contributed by atoms with E-state index < -0.39 is 11.5 Å². The third-order valence-corrected chi connectivity index (χ3v) is 7.47. The Hall–Kier alpha value is -4.16.